The minimum atomic E-state index is -0.415. The van der Waals surface area contributed by atoms with Gasteiger partial charge in [-0.25, -0.2) is 19.3 Å². The Hall–Kier alpha value is -3.25. The van der Waals surface area contributed by atoms with Crippen LogP contribution in [-0.2, 0) is 4.74 Å². The van der Waals surface area contributed by atoms with Gasteiger partial charge in [0.05, 0.1) is 11.8 Å². The molecule has 0 aromatic carbocycles. The number of piperidine rings is 1. The van der Waals surface area contributed by atoms with E-state index in [1.165, 1.54) is 0 Å². The fraction of sp³-hybridized carbons (Fsp3) is 0.577. The van der Waals surface area contributed by atoms with Crippen molar-refractivity contribution in [2.75, 3.05) is 45.7 Å². The largest absolute Gasteiger partial charge is 0.448 e. The maximum Gasteiger partial charge on any atom is 0.407 e. The number of alkyl carbamates (subject to hydrolysis) is 1. The van der Waals surface area contributed by atoms with Crippen LogP contribution in [0.4, 0.5) is 10.6 Å². The molecule has 4 rings (SSSR count). The van der Waals surface area contributed by atoms with Crippen LogP contribution in [0.1, 0.15) is 51.0 Å². The molecule has 1 fully saturated rings. The monoisotopic (exact) mass is 542 g/mol. The Labute approximate surface area is 227 Å². The zero-order valence-corrected chi connectivity index (χ0v) is 23.8. The molecule has 2 N–H and O–H groups in total. The molecule has 1 aliphatic heterocycles. The topological polar surface area (TPSA) is 117 Å². The fourth-order valence-corrected chi connectivity index (χ4v) is 4.78. The van der Waals surface area contributed by atoms with Gasteiger partial charge in [0.15, 0.2) is 5.82 Å². The summed E-state index contributed by atoms with van der Waals surface area (Å²) in [5.41, 5.74) is 1.12. The van der Waals surface area contributed by atoms with E-state index >= 15 is 0 Å². The van der Waals surface area contributed by atoms with Crippen molar-refractivity contribution in [2.45, 2.75) is 52.6 Å². The van der Waals surface area contributed by atoms with E-state index in [1.54, 1.807) is 33.0 Å². The third-order valence-corrected chi connectivity index (χ3v) is 7.74. The normalized spacial score (nSPS) is 15.6. The number of likely N-dealkylation sites (N-methyl/N-ethyl adjacent to an activating group) is 1. The fourth-order valence-electron chi connectivity index (χ4n) is 3.99. The van der Waals surface area contributed by atoms with E-state index in [-0.39, 0.29) is 23.4 Å². The number of thiazole rings is 1. The van der Waals surface area contributed by atoms with Crippen molar-refractivity contribution in [1.82, 2.24) is 34.7 Å². The molecule has 0 unspecified atom stereocenters. The minimum Gasteiger partial charge on any atom is -0.448 e. The quantitative estimate of drug-likeness (QED) is 0.444. The summed E-state index contributed by atoms with van der Waals surface area (Å²) >= 11 is 1.55. The minimum absolute atomic E-state index is 0.00346. The predicted octanol–water partition coefficient (Wildman–Crippen LogP) is 3.59. The van der Waals surface area contributed by atoms with Crippen LogP contribution in [0.25, 0.3) is 16.2 Å². The first kappa shape index (κ1) is 27.8. The molecule has 12 heteroatoms. The lowest BCUT2D eigenvalue weighted by Gasteiger charge is -2.32. The van der Waals surface area contributed by atoms with Crippen molar-refractivity contribution in [2.24, 2.45) is 5.41 Å². The zero-order chi connectivity index (χ0) is 27.4. The van der Waals surface area contributed by atoms with Gasteiger partial charge in [-0.3, -0.25) is 4.79 Å². The van der Waals surface area contributed by atoms with Crippen LogP contribution in [0.15, 0.2) is 23.8 Å². The number of carbonyl (C=O) groups excluding carboxylic acids is 2. The number of carbonyl (C=O) groups is 2. The average Bonchev–Trinajstić information content (AvgIpc) is 3.47. The Morgan fingerprint density at radius 1 is 1.24 bits per heavy atom. The van der Waals surface area contributed by atoms with E-state index in [2.05, 4.69) is 48.4 Å². The predicted molar refractivity (Wildman–Crippen MR) is 149 cm³/mol. The van der Waals surface area contributed by atoms with Crippen molar-refractivity contribution < 1.29 is 14.3 Å². The molecule has 206 valence electrons. The highest BCUT2D eigenvalue weighted by molar-refractivity contribution is 7.16. The Bertz CT molecular complexity index is 1260. The first-order valence-corrected chi connectivity index (χ1v) is 13.8. The molecule has 4 heterocycles. The van der Waals surface area contributed by atoms with Crippen LogP contribution in [-0.4, -0.2) is 93.8 Å². The van der Waals surface area contributed by atoms with Crippen molar-refractivity contribution in [3.63, 3.8) is 0 Å². The Kier molecular flexibility index (Phi) is 8.51. The van der Waals surface area contributed by atoms with Crippen LogP contribution in [0.5, 0.6) is 0 Å². The molecular formula is C26H38N8O3S. The first-order valence-electron chi connectivity index (χ1n) is 13.0. The molecular weight excluding hydrogens is 504 g/mol. The van der Waals surface area contributed by atoms with E-state index in [1.807, 2.05) is 30.6 Å². The number of ether oxygens (including phenoxy) is 1. The van der Waals surface area contributed by atoms with E-state index in [0.29, 0.717) is 56.4 Å². The van der Waals surface area contributed by atoms with Crippen molar-refractivity contribution in [1.29, 1.82) is 0 Å². The number of aromatic nitrogens is 4. The molecule has 11 nitrogen and oxygen atoms in total. The van der Waals surface area contributed by atoms with Gasteiger partial charge in [-0.2, -0.15) is 5.10 Å². The van der Waals surface area contributed by atoms with Gasteiger partial charge in [0, 0.05) is 49.4 Å². The highest BCUT2D eigenvalue weighted by Crippen LogP contribution is 2.28. The van der Waals surface area contributed by atoms with E-state index in [0.717, 1.165) is 10.4 Å². The molecule has 0 bridgehead atoms. The highest BCUT2D eigenvalue weighted by Gasteiger charge is 2.28. The highest BCUT2D eigenvalue weighted by atomic mass is 32.1. The lowest BCUT2D eigenvalue weighted by Crippen LogP contribution is -2.47. The summed E-state index contributed by atoms with van der Waals surface area (Å²) in [5, 5.41) is 12.7. The number of nitrogens with zero attached hydrogens (tertiary/aromatic N) is 6. The Morgan fingerprint density at radius 2 is 1.97 bits per heavy atom. The standard InChI is InChI=1S/C26H38N8O3S/c1-17(26(2,3)4)28-21-15-20(30-22(31-21)19-16-27-34-12-14-38-24(19)34)23(35)33-9-7-18(8-10-33)29-25(36)37-13-11-32(5)6/h12,14-18H,7-11,13H2,1-6H3,(H,29,36)(H,28,30,31)/t17-/m1/s1. The number of hydrogen-bond donors (Lipinski definition) is 2. The summed E-state index contributed by atoms with van der Waals surface area (Å²) in [7, 11) is 3.86. The summed E-state index contributed by atoms with van der Waals surface area (Å²) in [6.45, 7) is 10.6. The smallest absolute Gasteiger partial charge is 0.407 e. The third kappa shape index (κ3) is 6.79. The van der Waals surface area contributed by atoms with Gasteiger partial charge >= 0.3 is 6.09 Å². The van der Waals surface area contributed by atoms with Crippen LogP contribution in [0, 0.1) is 5.41 Å². The van der Waals surface area contributed by atoms with E-state index in [4.69, 9.17) is 9.72 Å². The number of fused-ring (bicyclic) bond motifs is 1. The number of hydrogen-bond acceptors (Lipinski definition) is 9. The van der Waals surface area contributed by atoms with Crippen molar-refractivity contribution in [3.8, 4) is 11.4 Å². The van der Waals surface area contributed by atoms with Crippen LogP contribution < -0.4 is 10.6 Å². The maximum atomic E-state index is 13.6. The number of likely N-dealkylation sites (tertiary alicyclic amines) is 1. The molecule has 2 amide bonds. The van der Waals surface area contributed by atoms with Gasteiger partial charge in [0.2, 0.25) is 0 Å². The summed E-state index contributed by atoms with van der Waals surface area (Å²) in [5.74, 6) is 0.921. The van der Waals surface area contributed by atoms with Gasteiger partial charge in [-0.15, -0.1) is 11.3 Å². The summed E-state index contributed by atoms with van der Waals surface area (Å²) in [6.07, 6.45) is 4.51. The molecule has 1 aliphatic rings. The molecule has 3 aromatic heterocycles. The SMILES string of the molecule is C[C@@H](Nc1cc(C(=O)N2CCC(NC(=O)OCCN(C)C)CC2)nc(-c2cnn3ccsc23)n1)C(C)(C)C. The molecule has 0 saturated carbocycles. The van der Waals surface area contributed by atoms with Crippen molar-refractivity contribution in [3.05, 3.63) is 29.5 Å². The van der Waals surface area contributed by atoms with Gasteiger partial charge in [0.25, 0.3) is 5.91 Å². The van der Waals surface area contributed by atoms with E-state index < -0.39 is 6.09 Å². The van der Waals surface area contributed by atoms with Crippen LogP contribution in [0.2, 0.25) is 0 Å². The lowest BCUT2D eigenvalue weighted by molar-refractivity contribution is 0.0695. The zero-order valence-electron chi connectivity index (χ0n) is 23.0. The molecule has 0 aliphatic carbocycles. The lowest BCUT2D eigenvalue weighted by atomic mass is 9.88. The molecule has 3 aromatic rings. The van der Waals surface area contributed by atoms with Crippen LogP contribution in [0.3, 0.4) is 0 Å². The second kappa shape index (κ2) is 11.6. The van der Waals surface area contributed by atoms with Crippen LogP contribution >= 0.6 is 11.3 Å². The van der Waals surface area contributed by atoms with Gasteiger partial charge in [0.1, 0.15) is 22.9 Å². The average molecular weight is 543 g/mol. The number of nitrogens with one attached hydrogen (secondary N) is 2. The summed E-state index contributed by atoms with van der Waals surface area (Å²) in [6, 6.07) is 1.81. The summed E-state index contributed by atoms with van der Waals surface area (Å²) in [4.78, 5) is 39.8. The first-order chi connectivity index (χ1) is 18.0. The van der Waals surface area contributed by atoms with Gasteiger partial charge in [-0.1, -0.05) is 20.8 Å². The number of amides is 2. The van der Waals surface area contributed by atoms with Gasteiger partial charge in [-0.05, 0) is 39.3 Å². The molecule has 38 heavy (non-hydrogen) atoms. The molecule has 0 radical (unpaired) electrons. The maximum absolute atomic E-state index is 13.6. The van der Waals surface area contributed by atoms with Crippen molar-refractivity contribution >= 4 is 34.0 Å². The Morgan fingerprint density at radius 3 is 2.66 bits per heavy atom. The molecule has 1 atom stereocenters. The third-order valence-electron chi connectivity index (χ3n) is 6.86. The van der Waals surface area contributed by atoms with Gasteiger partial charge < -0.3 is 25.2 Å². The molecule has 1 saturated heterocycles. The number of rotatable bonds is 8. The second-order valence-electron chi connectivity index (χ2n) is 11.1. The second-order valence-corrected chi connectivity index (χ2v) is 11.9. The molecule has 0 spiro atoms. The summed E-state index contributed by atoms with van der Waals surface area (Å²) < 4.78 is 7.02. The van der Waals surface area contributed by atoms with E-state index in [9.17, 15) is 9.59 Å². The number of anilines is 1. The Balaban J connectivity index is 1.48.